The number of carboxylic acid groups (broad SMARTS) is 1. The molecule has 2 amide bonds. The highest BCUT2D eigenvalue weighted by Crippen LogP contribution is 2.01. The second-order valence-corrected chi connectivity index (χ2v) is 4.94. The minimum Gasteiger partial charge on any atom is -0.480 e. The van der Waals surface area contributed by atoms with Crippen LogP contribution in [0.25, 0.3) is 0 Å². The van der Waals surface area contributed by atoms with E-state index in [0.717, 1.165) is 0 Å². The van der Waals surface area contributed by atoms with Gasteiger partial charge in [0.05, 0.1) is 6.04 Å². The van der Waals surface area contributed by atoms with E-state index in [0.29, 0.717) is 38.0 Å². The molecular formula is C12H23N3O4S. The highest BCUT2D eigenvalue weighted by molar-refractivity contribution is 7.80. The number of nitrogens with two attached hydrogens (primary N) is 1. The van der Waals surface area contributed by atoms with Gasteiger partial charge in [-0.05, 0) is 31.4 Å². The maximum absolute atomic E-state index is 11.5. The highest BCUT2D eigenvalue weighted by Gasteiger charge is 2.17. The Morgan fingerprint density at radius 3 is 2.40 bits per heavy atom. The van der Waals surface area contributed by atoms with Gasteiger partial charge < -0.3 is 21.5 Å². The molecule has 0 aromatic carbocycles. The molecule has 0 bridgehead atoms. The number of amides is 2. The third kappa shape index (κ3) is 8.76. The van der Waals surface area contributed by atoms with E-state index in [1.54, 1.807) is 0 Å². The van der Waals surface area contributed by atoms with Crippen LogP contribution in [0, 0.1) is 0 Å². The Kier molecular flexibility index (Phi) is 9.83. The first-order valence-corrected chi connectivity index (χ1v) is 7.15. The summed E-state index contributed by atoms with van der Waals surface area (Å²) in [6, 6.07) is -1.44. The number of carboxylic acids is 1. The molecule has 0 saturated heterocycles. The Morgan fingerprint density at radius 2 is 1.90 bits per heavy atom. The monoisotopic (exact) mass is 305 g/mol. The number of rotatable bonds is 10. The van der Waals surface area contributed by atoms with Crippen LogP contribution in [0.3, 0.4) is 0 Å². The summed E-state index contributed by atoms with van der Waals surface area (Å²) in [6.45, 7) is 1.71. The standard InChI is InChI=1S/C12H23N3O4S/c1-8(16)15-10(12(18)19)4-2-3-6-14-11(17)9(13)5-7-20/h9-10,20H,2-7,13H2,1H3,(H,14,17)(H,15,16)(H,18,19)/t9-,10-/m0/s1. The lowest BCUT2D eigenvalue weighted by atomic mass is 10.1. The molecular weight excluding hydrogens is 282 g/mol. The lowest BCUT2D eigenvalue weighted by molar-refractivity contribution is -0.141. The predicted octanol–water partition coefficient (Wildman–Crippen LogP) is -0.491. The van der Waals surface area contributed by atoms with Crippen molar-refractivity contribution in [3.8, 4) is 0 Å². The number of unbranched alkanes of at least 4 members (excludes halogenated alkanes) is 1. The minimum atomic E-state index is -1.06. The fraction of sp³-hybridized carbons (Fsp3) is 0.750. The van der Waals surface area contributed by atoms with E-state index in [1.807, 2.05) is 0 Å². The Balaban J connectivity index is 3.81. The van der Waals surface area contributed by atoms with Crippen LogP contribution in [0.1, 0.15) is 32.6 Å². The first-order chi connectivity index (χ1) is 9.38. The van der Waals surface area contributed by atoms with E-state index in [1.165, 1.54) is 6.92 Å². The summed E-state index contributed by atoms with van der Waals surface area (Å²) < 4.78 is 0. The zero-order valence-corrected chi connectivity index (χ0v) is 12.5. The van der Waals surface area contributed by atoms with Gasteiger partial charge in [-0.2, -0.15) is 12.6 Å². The lowest BCUT2D eigenvalue weighted by Gasteiger charge is -2.14. The van der Waals surface area contributed by atoms with Crippen molar-refractivity contribution in [3.63, 3.8) is 0 Å². The van der Waals surface area contributed by atoms with Crippen LogP contribution in [-0.2, 0) is 14.4 Å². The Bertz CT molecular complexity index is 339. The van der Waals surface area contributed by atoms with Crippen molar-refractivity contribution >= 4 is 30.4 Å². The van der Waals surface area contributed by atoms with Crippen molar-refractivity contribution in [2.45, 2.75) is 44.7 Å². The Hall–Kier alpha value is -1.28. The number of nitrogens with one attached hydrogen (secondary N) is 2. The molecule has 0 radical (unpaired) electrons. The number of hydrogen-bond acceptors (Lipinski definition) is 5. The third-order valence-corrected chi connectivity index (χ3v) is 2.93. The molecule has 0 fully saturated rings. The van der Waals surface area contributed by atoms with Crippen molar-refractivity contribution in [2.75, 3.05) is 12.3 Å². The summed E-state index contributed by atoms with van der Waals surface area (Å²) in [6.07, 6.45) is 2.05. The molecule has 0 rings (SSSR count). The largest absolute Gasteiger partial charge is 0.480 e. The average Bonchev–Trinajstić information content (AvgIpc) is 2.36. The van der Waals surface area contributed by atoms with Crippen LogP contribution < -0.4 is 16.4 Å². The number of thiol groups is 1. The van der Waals surface area contributed by atoms with Crippen molar-refractivity contribution in [2.24, 2.45) is 5.73 Å². The summed E-state index contributed by atoms with van der Waals surface area (Å²) in [7, 11) is 0. The third-order valence-electron chi connectivity index (χ3n) is 2.67. The fourth-order valence-electron chi connectivity index (χ4n) is 1.59. The fourth-order valence-corrected chi connectivity index (χ4v) is 1.87. The van der Waals surface area contributed by atoms with Crippen molar-refractivity contribution in [3.05, 3.63) is 0 Å². The molecule has 0 aromatic heterocycles. The van der Waals surface area contributed by atoms with Crippen LogP contribution in [0.5, 0.6) is 0 Å². The van der Waals surface area contributed by atoms with Crippen LogP contribution in [0.4, 0.5) is 0 Å². The quantitative estimate of drug-likeness (QED) is 0.275. The average molecular weight is 305 g/mol. The van der Waals surface area contributed by atoms with E-state index in [4.69, 9.17) is 10.8 Å². The van der Waals surface area contributed by atoms with Crippen LogP contribution in [0.2, 0.25) is 0 Å². The van der Waals surface area contributed by atoms with Gasteiger partial charge in [0.2, 0.25) is 11.8 Å². The normalized spacial score (nSPS) is 13.3. The number of hydrogen-bond donors (Lipinski definition) is 5. The van der Waals surface area contributed by atoms with Gasteiger partial charge in [-0.3, -0.25) is 9.59 Å². The molecule has 0 heterocycles. The van der Waals surface area contributed by atoms with Gasteiger partial charge in [0, 0.05) is 13.5 Å². The van der Waals surface area contributed by atoms with E-state index in [2.05, 4.69) is 23.3 Å². The van der Waals surface area contributed by atoms with Crippen molar-refractivity contribution in [1.82, 2.24) is 10.6 Å². The molecule has 0 saturated carbocycles. The maximum atomic E-state index is 11.5. The predicted molar refractivity (Wildman–Crippen MR) is 78.5 cm³/mol. The van der Waals surface area contributed by atoms with E-state index >= 15 is 0 Å². The maximum Gasteiger partial charge on any atom is 0.326 e. The number of carbonyl (C=O) groups is 3. The molecule has 2 atom stereocenters. The summed E-state index contributed by atoms with van der Waals surface area (Å²) in [4.78, 5) is 33.1. The molecule has 116 valence electrons. The van der Waals surface area contributed by atoms with Crippen LogP contribution in [0.15, 0.2) is 0 Å². The molecule has 20 heavy (non-hydrogen) atoms. The van der Waals surface area contributed by atoms with E-state index in [9.17, 15) is 14.4 Å². The van der Waals surface area contributed by atoms with Gasteiger partial charge in [0.1, 0.15) is 6.04 Å². The second-order valence-electron chi connectivity index (χ2n) is 4.50. The second kappa shape index (κ2) is 10.5. The first-order valence-electron chi connectivity index (χ1n) is 6.52. The molecule has 0 aliphatic rings. The smallest absolute Gasteiger partial charge is 0.326 e. The number of aliphatic carboxylic acids is 1. The van der Waals surface area contributed by atoms with Crippen molar-refractivity contribution < 1.29 is 19.5 Å². The molecule has 0 spiro atoms. The molecule has 5 N–H and O–H groups in total. The zero-order chi connectivity index (χ0) is 15.5. The zero-order valence-electron chi connectivity index (χ0n) is 11.6. The summed E-state index contributed by atoms with van der Waals surface area (Å²) in [5, 5.41) is 13.9. The minimum absolute atomic E-state index is 0.226. The first kappa shape index (κ1) is 18.7. The molecule has 7 nitrogen and oxygen atoms in total. The molecule has 0 unspecified atom stereocenters. The van der Waals surface area contributed by atoms with Crippen LogP contribution in [-0.4, -0.2) is 47.3 Å². The highest BCUT2D eigenvalue weighted by atomic mass is 32.1. The lowest BCUT2D eigenvalue weighted by Crippen LogP contribution is -2.41. The van der Waals surface area contributed by atoms with E-state index in [-0.39, 0.29) is 11.8 Å². The van der Waals surface area contributed by atoms with Gasteiger partial charge >= 0.3 is 5.97 Å². The Labute approximate surface area is 124 Å². The van der Waals surface area contributed by atoms with Crippen molar-refractivity contribution in [1.29, 1.82) is 0 Å². The number of carbonyl (C=O) groups excluding carboxylic acids is 2. The van der Waals surface area contributed by atoms with Gasteiger partial charge in [0.15, 0.2) is 0 Å². The SMILES string of the molecule is CC(=O)N[C@@H](CCCCNC(=O)[C@@H](N)CCS)C(=O)O. The molecule has 0 aliphatic carbocycles. The van der Waals surface area contributed by atoms with E-state index < -0.39 is 18.1 Å². The Morgan fingerprint density at radius 1 is 1.25 bits per heavy atom. The molecule has 0 aliphatic heterocycles. The van der Waals surface area contributed by atoms with Crippen LogP contribution >= 0.6 is 12.6 Å². The van der Waals surface area contributed by atoms with Gasteiger partial charge in [-0.25, -0.2) is 4.79 Å². The van der Waals surface area contributed by atoms with Gasteiger partial charge in [0.25, 0.3) is 0 Å². The van der Waals surface area contributed by atoms with Gasteiger partial charge in [-0.15, -0.1) is 0 Å². The molecule has 0 aromatic rings. The van der Waals surface area contributed by atoms with Gasteiger partial charge in [-0.1, -0.05) is 0 Å². The summed E-state index contributed by atoms with van der Waals surface area (Å²) in [5.74, 6) is -1.11. The summed E-state index contributed by atoms with van der Waals surface area (Å²) >= 11 is 4.00. The summed E-state index contributed by atoms with van der Waals surface area (Å²) in [5.41, 5.74) is 5.60. The topological polar surface area (TPSA) is 122 Å². The molecule has 8 heteroatoms.